The molecule has 0 spiro atoms. The van der Waals surface area contributed by atoms with E-state index in [9.17, 15) is 4.79 Å². The summed E-state index contributed by atoms with van der Waals surface area (Å²) in [6.45, 7) is 4.97. The number of piperidine rings is 1. The Kier molecular flexibility index (Phi) is 6.87. The van der Waals surface area contributed by atoms with Gasteiger partial charge in [0.15, 0.2) is 0 Å². The van der Waals surface area contributed by atoms with Gasteiger partial charge >= 0.3 is 0 Å². The van der Waals surface area contributed by atoms with Gasteiger partial charge in [0, 0.05) is 19.0 Å². The van der Waals surface area contributed by atoms with Crippen LogP contribution < -0.4 is 10.6 Å². The Bertz CT molecular complexity index is 388. The molecule has 2 heterocycles. The first-order valence-electron chi connectivity index (χ1n) is 6.82. The lowest BCUT2D eigenvalue weighted by Gasteiger charge is -2.22. The van der Waals surface area contributed by atoms with Crippen molar-refractivity contribution in [1.29, 1.82) is 0 Å². The van der Waals surface area contributed by atoms with Crippen molar-refractivity contribution in [2.24, 2.45) is 5.92 Å². The maximum absolute atomic E-state index is 11.9. The second kappa shape index (κ2) is 8.17. The zero-order valence-electron chi connectivity index (χ0n) is 11.4. The highest BCUT2D eigenvalue weighted by atomic mass is 35.5. The van der Waals surface area contributed by atoms with Crippen LogP contribution in [0.3, 0.4) is 0 Å². The lowest BCUT2D eigenvalue weighted by atomic mass is 9.93. The summed E-state index contributed by atoms with van der Waals surface area (Å²) in [7, 11) is 0. The van der Waals surface area contributed by atoms with E-state index >= 15 is 0 Å². The Morgan fingerprint density at radius 1 is 1.53 bits per heavy atom. The number of hydrogen-bond acceptors (Lipinski definition) is 3. The van der Waals surface area contributed by atoms with Crippen molar-refractivity contribution in [3.8, 4) is 0 Å². The topological polar surface area (TPSA) is 59.0 Å². The van der Waals surface area contributed by atoms with Crippen LogP contribution in [0.2, 0.25) is 0 Å². The van der Waals surface area contributed by atoms with Crippen LogP contribution in [0.5, 0.6) is 0 Å². The Balaban J connectivity index is 0.00000180. The van der Waals surface area contributed by atoms with Crippen molar-refractivity contribution in [2.45, 2.75) is 39.2 Å². The molecule has 1 saturated heterocycles. The standard InChI is InChI=1S/C13H22N4O.ClH/c1-2-17-12(7-10-15-17)16-13(18)4-3-11-5-8-14-9-6-11;/h7,10-11,14H,2-6,8-9H2,1H3,(H,16,18);1H. The fourth-order valence-corrected chi connectivity index (χ4v) is 2.40. The van der Waals surface area contributed by atoms with Crippen LogP contribution in [0.1, 0.15) is 32.6 Å². The molecule has 0 unspecified atom stereocenters. The first kappa shape index (κ1) is 16.0. The van der Waals surface area contributed by atoms with Crippen LogP contribution in [0.15, 0.2) is 12.3 Å². The average Bonchev–Trinajstić information content (AvgIpc) is 2.85. The molecular weight excluding hydrogens is 264 g/mol. The Hall–Kier alpha value is -1.07. The van der Waals surface area contributed by atoms with E-state index < -0.39 is 0 Å². The smallest absolute Gasteiger partial charge is 0.225 e. The zero-order chi connectivity index (χ0) is 12.8. The van der Waals surface area contributed by atoms with Crippen LogP contribution in [-0.2, 0) is 11.3 Å². The summed E-state index contributed by atoms with van der Waals surface area (Å²) in [6.07, 6.45) is 5.71. The number of nitrogens with one attached hydrogen (secondary N) is 2. The molecule has 19 heavy (non-hydrogen) atoms. The quantitative estimate of drug-likeness (QED) is 0.871. The van der Waals surface area contributed by atoms with Gasteiger partial charge in [0.05, 0.1) is 6.20 Å². The molecule has 1 aliphatic heterocycles. The number of halogens is 1. The molecule has 2 rings (SSSR count). The second-order valence-electron chi connectivity index (χ2n) is 4.81. The summed E-state index contributed by atoms with van der Waals surface area (Å²) >= 11 is 0. The molecule has 0 bridgehead atoms. The monoisotopic (exact) mass is 286 g/mol. The first-order chi connectivity index (χ1) is 8.79. The Labute approximate surface area is 120 Å². The van der Waals surface area contributed by atoms with Crippen LogP contribution in [0.25, 0.3) is 0 Å². The highest BCUT2D eigenvalue weighted by molar-refractivity contribution is 5.89. The molecule has 0 aromatic carbocycles. The van der Waals surface area contributed by atoms with Crippen molar-refractivity contribution >= 4 is 24.1 Å². The summed E-state index contributed by atoms with van der Waals surface area (Å²) in [4.78, 5) is 11.9. The van der Waals surface area contributed by atoms with Gasteiger partial charge in [-0.15, -0.1) is 12.4 Å². The maximum atomic E-state index is 11.9. The van der Waals surface area contributed by atoms with E-state index in [-0.39, 0.29) is 18.3 Å². The molecule has 0 radical (unpaired) electrons. The van der Waals surface area contributed by atoms with E-state index in [1.54, 1.807) is 10.9 Å². The molecule has 0 aliphatic carbocycles. The Morgan fingerprint density at radius 2 is 2.26 bits per heavy atom. The van der Waals surface area contributed by atoms with Gasteiger partial charge in [0.25, 0.3) is 0 Å². The van der Waals surface area contributed by atoms with Gasteiger partial charge in [-0.05, 0) is 45.2 Å². The number of carbonyl (C=O) groups is 1. The van der Waals surface area contributed by atoms with Crippen molar-refractivity contribution in [2.75, 3.05) is 18.4 Å². The summed E-state index contributed by atoms with van der Waals surface area (Å²) < 4.78 is 1.79. The average molecular weight is 287 g/mol. The third kappa shape index (κ3) is 4.84. The predicted octanol–water partition coefficient (Wildman–Crippen LogP) is 2.04. The largest absolute Gasteiger partial charge is 0.317 e. The number of nitrogens with zero attached hydrogens (tertiary/aromatic N) is 2. The number of aryl methyl sites for hydroxylation is 1. The van der Waals surface area contributed by atoms with Crippen molar-refractivity contribution < 1.29 is 4.79 Å². The lowest BCUT2D eigenvalue weighted by molar-refractivity contribution is -0.116. The highest BCUT2D eigenvalue weighted by Gasteiger charge is 2.15. The molecule has 108 valence electrons. The Morgan fingerprint density at radius 3 is 2.95 bits per heavy atom. The SMILES string of the molecule is CCn1nccc1NC(=O)CCC1CCNCC1.Cl. The van der Waals surface area contributed by atoms with Crippen molar-refractivity contribution in [3.05, 3.63) is 12.3 Å². The number of carbonyl (C=O) groups excluding carboxylic acids is 1. The van der Waals surface area contributed by atoms with Crippen molar-refractivity contribution in [3.63, 3.8) is 0 Å². The molecule has 2 N–H and O–H groups in total. The third-order valence-electron chi connectivity index (χ3n) is 3.52. The minimum Gasteiger partial charge on any atom is -0.317 e. The minimum atomic E-state index is 0. The molecule has 0 atom stereocenters. The summed E-state index contributed by atoms with van der Waals surface area (Å²) in [5, 5.41) is 10.4. The van der Waals surface area contributed by atoms with Crippen LogP contribution >= 0.6 is 12.4 Å². The molecule has 1 aromatic heterocycles. The van der Waals surface area contributed by atoms with E-state index in [0.717, 1.165) is 31.9 Å². The van der Waals surface area contributed by atoms with E-state index in [2.05, 4.69) is 15.7 Å². The third-order valence-corrected chi connectivity index (χ3v) is 3.52. The van der Waals surface area contributed by atoms with Gasteiger partial charge in [-0.1, -0.05) is 0 Å². The number of amides is 1. The number of anilines is 1. The summed E-state index contributed by atoms with van der Waals surface area (Å²) in [5.74, 6) is 1.60. The number of rotatable bonds is 5. The van der Waals surface area contributed by atoms with Gasteiger partial charge < -0.3 is 10.6 Å². The van der Waals surface area contributed by atoms with E-state index in [4.69, 9.17) is 0 Å². The molecule has 1 aliphatic rings. The predicted molar refractivity (Wildman–Crippen MR) is 78.6 cm³/mol. The number of aromatic nitrogens is 2. The van der Waals surface area contributed by atoms with Crippen LogP contribution in [-0.4, -0.2) is 28.8 Å². The van der Waals surface area contributed by atoms with Gasteiger partial charge in [-0.3, -0.25) is 4.79 Å². The lowest BCUT2D eigenvalue weighted by Crippen LogP contribution is -2.28. The van der Waals surface area contributed by atoms with Crippen LogP contribution in [0.4, 0.5) is 5.82 Å². The summed E-state index contributed by atoms with van der Waals surface area (Å²) in [5.41, 5.74) is 0. The van der Waals surface area contributed by atoms with Gasteiger partial charge in [0.2, 0.25) is 5.91 Å². The highest BCUT2D eigenvalue weighted by Crippen LogP contribution is 2.18. The van der Waals surface area contributed by atoms with Crippen molar-refractivity contribution in [1.82, 2.24) is 15.1 Å². The molecule has 6 heteroatoms. The maximum Gasteiger partial charge on any atom is 0.225 e. The van der Waals surface area contributed by atoms with Gasteiger partial charge in [-0.25, -0.2) is 4.68 Å². The zero-order valence-corrected chi connectivity index (χ0v) is 12.2. The van der Waals surface area contributed by atoms with E-state index in [1.807, 2.05) is 13.0 Å². The second-order valence-corrected chi connectivity index (χ2v) is 4.81. The summed E-state index contributed by atoms with van der Waals surface area (Å²) in [6, 6.07) is 1.84. The normalized spacial score (nSPS) is 15.8. The first-order valence-corrected chi connectivity index (χ1v) is 6.82. The van der Waals surface area contributed by atoms with Crippen LogP contribution in [0, 0.1) is 5.92 Å². The molecule has 0 saturated carbocycles. The fraction of sp³-hybridized carbons (Fsp3) is 0.692. The molecular formula is C13H23ClN4O. The fourth-order valence-electron chi connectivity index (χ4n) is 2.40. The van der Waals surface area contributed by atoms with E-state index in [1.165, 1.54) is 12.8 Å². The van der Waals surface area contributed by atoms with Gasteiger partial charge in [0.1, 0.15) is 5.82 Å². The molecule has 1 aromatic rings. The number of hydrogen-bond donors (Lipinski definition) is 2. The molecule has 5 nitrogen and oxygen atoms in total. The minimum absolute atomic E-state index is 0. The van der Waals surface area contributed by atoms with Gasteiger partial charge in [-0.2, -0.15) is 5.10 Å². The molecule has 1 amide bonds. The molecule has 1 fully saturated rings. The van der Waals surface area contributed by atoms with E-state index in [0.29, 0.717) is 12.3 Å².